The number of carbonyl (C=O) groups excluding carboxylic acids is 2. The first-order chi connectivity index (χ1) is 13.1. The smallest absolute Gasteiger partial charge is 0.471 e. The molecule has 150 valence electrons. The van der Waals surface area contributed by atoms with Crippen molar-refractivity contribution in [2.45, 2.75) is 18.6 Å². The number of amides is 2. The van der Waals surface area contributed by atoms with Gasteiger partial charge < -0.3 is 15.4 Å². The minimum Gasteiger partial charge on any atom is -0.497 e. The third-order valence-corrected chi connectivity index (χ3v) is 3.91. The number of anilines is 1. The van der Waals surface area contributed by atoms with Gasteiger partial charge in [0.15, 0.2) is 0 Å². The number of benzene rings is 2. The highest BCUT2D eigenvalue weighted by Gasteiger charge is 2.40. The summed E-state index contributed by atoms with van der Waals surface area (Å²) in [6, 6.07) is 8.00. The van der Waals surface area contributed by atoms with Crippen LogP contribution in [0.3, 0.4) is 0 Å². The number of hydrogen-bond acceptors (Lipinski definition) is 3. The van der Waals surface area contributed by atoms with Crippen LogP contribution in [0.4, 0.5) is 23.2 Å². The van der Waals surface area contributed by atoms with E-state index in [0.717, 1.165) is 6.07 Å². The van der Waals surface area contributed by atoms with Crippen molar-refractivity contribution in [3.63, 3.8) is 0 Å². The summed E-state index contributed by atoms with van der Waals surface area (Å²) in [7, 11) is 1.41. The lowest BCUT2D eigenvalue weighted by Crippen LogP contribution is -2.40. The lowest BCUT2D eigenvalue weighted by Gasteiger charge is -2.20. The molecule has 5 nitrogen and oxygen atoms in total. The molecular weight excluding hydrogens is 404 g/mol. The van der Waals surface area contributed by atoms with E-state index in [1.54, 1.807) is 5.32 Å². The van der Waals surface area contributed by atoms with Crippen LogP contribution in [0.2, 0.25) is 5.02 Å². The van der Waals surface area contributed by atoms with E-state index < -0.39 is 36.3 Å². The van der Waals surface area contributed by atoms with E-state index in [-0.39, 0.29) is 16.3 Å². The normalized spacial score (nSPS) is 12.2. The van der Waals surface area contributed by atoms with E-state index in [0.29, 0.717) is 5.75 Å². The van der Waals surface area contributed by atoms with Gasteiger partial charge in [-0.25, -0.2) is 4.39 Å². The number of rotatable bonds is 6. The third kappa shape index (κ3) is 5.85. The minimum absolute atomic E-state index is 0.115. The molecule has 2 amide bonds. The van der Waals surface area contributed by atoms with Crippen molar-refractivity contribution in [3.05, 3.63) is 58.9 Å². The van der Waals surface area contributed by atoms with Gasteiger partial charge in [0, 0.05) is 5.02 Å². The molecule has 0 radical (unpaired) electrons. The zero-order valence-corrected chi connectivity index (χ0v) is 15.2. The molecule has 0 unspecified atom stereocenters. The van der Waals surface area contributed by atoms with Crippen molar-refractivity contribution in [3.8, 4) is 5.75 Å². The third-order valence-electron chi connectivity index (χ3n) is 3.68. The van der Waals surface area contributed by atoms with E-state index in [4.69, 9.17) is 16.3 Å². The molecule has 2 aromatic rings. The molecule has 0 saturated heterocycles. The Morgan fingerprint density at radius 2 is 1.79 bits per heavy atom. The lowest BCUT2D eigenvalue weighted by atomic mass is 10.0. The molecule has 28 heavy (non-hydrogen) atoms. The Morgan fingerprint density at radius 3 is 2.32 bits per heavy atom. The molecule has 0 aliphatic rings. The molecule has 10 heteroatoms. The maximum absolute atomic E-state index is 13.8. The molecule has 2 rings (SSSR count). The standard InChI is InChI=1S/C18H15ClF4N2O3/c1-28-12-5-2-10(3-6-12)15(25-17(27)18(21,22)23)9-16(26)24-14-7-4-11(19)8-13(14)20/h2-8,15H,9H2,1H3,(H,24,26)(H,25,27)/t15-/m1/s1. The lowest BCUT2D eigenvalue weighted by molar-refractivity contribution is -0.174. The molecule has 1 atom stereocenters. The maximum Gasteiger partial charge on any atom is 0.471 e. The summed E-state index contributed by atoms with van der Waals surface area (Å²) in [6.45, 7) is 0. The monoisotopic (exact) mass is 418 g/mol. The van der Waals surface area contributed by atoms with Crippen molar-refractivity contribution in [2.75, 3.05) is 12.4 Å². The predicted molar refractivity (Wildman–Crippen MR) is 94.6 cm³/mol. The fraction of sp³-hybridized carbons (Fsp3) is 0.222. The Morgan fingerprint density at radius 1 is 1.14 bits per heavy atom. The van der Waals surface area contributed by atoms with Crippen LogP contribution in [0.5, 0.6) is 5.75 Å². The first-order valence-corrected chi connectivity index (χ1v) is 8.24. The van der Waals surface area contributed by atoms with Gasteiger partial charge in [-0.2, -0.15) is 13.2 Å². The van der Waals surface area contributed by atoms with Crippen LogP contribution in [0.1, 0.15) is 18.0 Å². The fourth-order valence-electron chi connectivity index (χ4n) is 2.31. The quantitative estimate of drug-likeness (QED) is 0.690. The summed E-state index contributed by atoms with van der Waals surface area (Å²) >= 11 is 5.63. The Labute approximate surface area is 162 Å². The first kappa shape index (κ1) is 21.5. The molecule has 0 aliphatic heterocycles. The highest BCUT2D eigenvalue weighted by atomic mass is 35.5. The van der Waals surface area contributed by atoms with Crippen molar-refractivity contribution in [1.82, 2.24) is 5.32 Å². The summed E-state index contributed by atoms with van der Waals surface area (Å²) in [5, 5.41) is 4.13. The van der Waals surface area contributed by atoms with E-state index in [9.17, 15) is 27.2 Å². The highest BCUT2D eigenvalue weighted by molar-refractivity contribution is 6.30. The molecule has 0 bridgehead atoms. The Balaban J connectivity index is 2.19. The second-order valence-electron chi connectivity index (χ2n) is 5.67. The Kier molecular flexibility index (Phi) is 6.85. The number of carbonyl (C=O) groups is 2. The van der Waals surface area contributed by atoms with E-state index in [2.05, 4.69) is 5.32 Å². The molecule has 0 aliphatic carbocycles. The van der Waals surface area contributed by atoms with Gasteiger partial charge in [-0.15, -0.1) is 0 Å². The Bertz CT molecular complexity index is 857. The first-order valence-electron chi connectivity index (χ1n) is 7.86. The second kappa shape index (κ2) is 8.92. The highest BCUT2D eigenvalue weighted by Crippen LogP contribution is 2.25. The van der Waals surface area contributed by atoms with E-state index in [1.165, 1.54) is 43.5 Å². The van der Waals surface area contributed by atoms with Crippen molar-refractivity contribution in [1.29, 1.82) is 0 Å². The summed E-state index contributed by atoms with van der Waals surface area (Å²) < 4.78 is 56.6. The van der Waals surface area contributed by atoms with Crippen LogP contribution in [-0.2, 0) is 9.59 Å². The molecule has 0 spiro atoms. The largest absolute Gasteiger partial charge is 0.497 e. The number of nitrogens with one attached hydrogen (secondary N) is 2. The zero-order valence-electron chi connectivity index (χ0n) is 14.4. The SMILES string of the molecule is COc1ccc([C@@H](CC(=O)Nc2ccc(Cl)cc2F)NC(=O)C(F)(F)F)cc1. The van der Waals surface area contributed by atoms with Gasteiger partial charge in [-0.05, 0) is 35.9 Å². The van der Waals surface area contributed by atoms with Gasteiger partial charge in [0.2, 0.25) is 5.91 Å². The average molecular weight is 419 g/mol. The van der Waals surface area contributed by atoms with Gasteiger partial charge in [0.1, 0.15) is 11.6 Å². The van der Waals surface area contributed by atoms with Crippen LogP contribution in [0.25, 0.3) is 0 Å². The fourth-order valence-corrected chi connectivity index (χ4v) is 2.46. The summed E-state index contributed by atoms with van der Waals surface area (Å²) in [4.78, 5) is 23.6. The topological polar surface area (TPSA) is 67.4 Å². The minimum atomic E-state index is -5.12. The number of halogens is 5. The molecule has 0 aromatic heterocycles. The van der Waals surface area contributed by atoms with Crippen LogP contribution in [0, 0.1) is 5.82 Å². The number of ether oxygens (including phenoxy) is 1. The van der Waals surface area contributed by atoms with Crippen LogP contribution in [0.15, 0.2) is 42.5 Å². The van der Waals surface area contributed by atoms with Crippen molar-refractivity contribution >= 4 is 29.1 Å². The second-order valence-corrected chi connectivity index (χ2v) is 6.11. The summed E-state index contributed by atoms with van der Waals surface area (Å²) in [6.07, 6.45) is -5.68. The number of alkyl halides is 3. The van der Waals surface area contributed by atoms with Gasteiger partial charge in [-0.1, -0.05) is 23.7 Å². The molecular formula is C18H15ClF4N2O3. The summed E-state index contributed by atoms with van der Waals surface area (Å²) in [5.74, 6) is -3.36. The van der Waals surface area contributed by atoms with Gasteiger partial charge in [0.25, 0.3) is 0 Å². The zero-order chi connectivity index (χ0) is 20.9. The number of hydrogen-bond donors (Lipinski definition) is 2. The van der Waals surface area contributed by atoms with Gasteiger partial charge >= 0.3 is 12.1 Å². The van der Waals surface area contributed by atoms with Crippen LogP contribution >= 0.6 is 11.6 Å². The molecule has 0 heterocycles. The predicted octanol–water partition coefficient (Wildman–Crippen LogP) is 4.24. The Hall–Kier alpha value is -2.81. The van der Waals surface area contributed by atoms with Gasteiger partial charge in [-0.3, -0.25) is 9.59 Å². The maximum atomic E-state index is 13.8. The summed E-state index contributed by atoms with van der Waals surface area (Å²) in [5.41, 5.74) is 0.0511. The molecule has 2 N–H and O–H groups in total. The molecule has 2 aromatic carbocycles. The number of methoxy groups -OCH3 is 1. The van der Waals surface area contributed by atoms with Crippen LogP contribution in [-0.4, -0.2) is 25.1 Å². The van der Waals surface area contributed by atoms with Gasteiger partial charge in [0.05, 0.1) is 25.3 Å². The molecule has 0 saturated carbocycles. The van der Waals surface area contributed by atoms with E-state index >= 15 is 0 Å². The van der Waals surface area contributed by atoms with Crippen molar-refractivity contribution in [2.24, 2.45) is 0 Å². The van der Waals surface area contributed by atoms with E-state index in [1.807, 2.05) is 0 Å². The van der Waals surface area contributed by atoms with Crippen LogP contribution < -0.4 is 15.4 Å². The average Bonchev–Trinajstić information content (AvgIpc) is 2.62. The van der Waals surface area contributed by atoms with Crippen molar-refractivity contribution < 1.29 is 31.9 Å². The molecule has 0 fully saturated rings.